The summed E-state index contributed by atoms with van der Waals surface area (Å²) < 4.78 is 22.5. The van der Waals surface area contributed by atoms with E-state index in [0.29, 0.717) is 28.5 Å². The van der Waals surface area contributed by atoms with Gasteiger partial charge in [-0.3, -0.25) is 0 Å². The standard InChI is InChI=1S/C24H21NO5/c1-27-21-13-8-6-5-7-12(13)16-11-17(26)19-14(18(16)23(21)29-3)9-10-15-20(19)25-24(30-4)22(15)28-2/h5-11,25-26H,1-4H3. The van der Waals surface area contributed by atoms with Crippen molar-refractivity contribution < 1.29 is 24.1 Å². The molecule has 4 aromatic carbocycles. The molecule has 0 fully saturated rings. The van der Waals surface area contributed by atoms with Crippen LogP contribution in [-0.2, 0) is 0 Å². The van der Waals surface area contributed by atoms with E-state index in [1.807, 2.05) is 36.4 Å². The molecule has 0 spiro atoms. The molecule has 0 radical (unpaired) electrons. The number of ether oxygens (including phenoxy) is 4. The zero-order chi connectivity index (χ0) is 21.0. The van der Waals surface area contributed by atoms with Crippen molar-refractivity contribution in [1.82, 2.24) is 4.98 Å². The molecule has 30 heavy (non-hydrogen) atoms. The summed E-state index contributed by atoms with van der Waals surface area (Å²) in [4.78, 5) is 3.24. The Balaban J connectivity index is 2.07. The molecule has 1 heterocycles. The molecule has 5 aromatic rings. The fraction of sp³-hybridized carbons (Fsp3) is 0.167. The number of H-pyrrole nitrogens is 1. The van der Waals surface area contributed by atoms with Crippen LogP contribution >= 0.6 is 0 Å². The number of rotatable bonds is 4. The molecule has 0 aliphatic heterocycles. The molecule has 5 rings (SSSR count). The van der Waals surface area contributed by atoms with Crippen molar-refractivity contribution in [2.24, 2.45) is 0 Å². The number of aromatic amines is 1. The zero-order valence-electron chi connectivity index (χ0n) is 17.1. The molecule has 0 atom stereocenters. The normalized spacial score (nSPS) is 11.5. The van der Waals surface area contributed by atoms with Crippen molar-refractivity contribution in [3.63, 3.8) is 0 Å². The highest BCUT2D eigenvalue weighted by molar-refractivity contribution is 6.27. The number of aromatic nitrogens is 1. The van der Waals surface area contributed by atoms with E-state index in [4.69, 9.17) is 18.9 Å². The number of hydrogen-bond donors (Lipinski definition) is 2. The Morgan fingerprint density at radius 1 is 0.633 bits per heavy atom. The zero-order valence-corrected chi connectivity index (χ0v) is 17.1. The number of benzene rings is 4. The van der Waals surface area contributed by atoms with Gasteiger partial charge in [0, 0.05) is 21.5 Å². The highest BCUT2D eigenvalue weighted by Gasteiger charge is 2.23. The van der Waals surface area contributed by atoms with Gasteiger partial charge in [0.25, 0.3) is 0 Å². The Hall–Kier alpha value is -3.80. The smallest absolute Gasteiger partial charge is 0.235 e. The van der Waals surface area contributed by atoms with Gasteiger partial charge in [-0.2, -0.15) is 0 Å². The van der Waals surface area contributed by atoms with E-state index in [0.717, 1.165) is 37.8 Å². The highest BCUT2D eigenvalue weighted by atomic mass is 16.5. The summed E-state index contributed by atoms with van der Waals surface area (Å²) in [5.74, 6) is 2.54. The van der Waals surface area contributed by atoms with Crippen LogP contribution in [-0.4, -0.2) is 38.5 Å². The van der Waals surface area contributed by atoms with Gasteiger partial charge in [-0.25, -0.2) is 0 Å². The van der Waals surface area contributed by atoms with Gasteiger partial charge in [0.1, 0.15) is 5.75 Å². The van der Waals surface area contributed by atoms with Crippen LogP contribution in [0.4, 0.5) is 0 Å². The van der Waals surface area contributed by atoms with E-state index in [2.05, 4.69) is 4.98 Å². The molecule has 6 heteroatoms. The van der Waals surface area contributed by atoms with Crippen LogP contribution in [0.15, 0.2) is 42.5 Å². The second-order valence-electron chi connectivity index (χ2n) is 7.03. The number of phenolic OH excluding ortho intramolecular Hbond substituents is 1. The predicted molar refractivity (Wildman–Crippen MR) is 119 cm³/mol. The van der Waals surface area contributed by atoms with Crippen LogP contribution in [0.1, 0.15) is 0 Å². The topological polar surface area (TPSA) is 72.9 Å². The Kier molecular flexibility index (Phi) is 4.03. The van der Waals surface area contributed by atoms with Crippen LogP contribution in [0, 0.1) is 0 Å². The Morgan fingerprint density at radius 2 is 1.30 bits per heavy atom. The van der Waals surface area contributed by atoms with Crippen LogP contribution in [0.5, 0.6) is 28.9 Å². The van der Waals surface area contributed by atoms with E-state index < -0.39 is 0 Å². The Morgan fingerprint density at radius 3 is 1.97 bits per heavy atom. The molecular weight excluding hydrogens is 382 g/mol. The molecule has 0 amide bonds. The van der Waals surface area contributed by atoms with Gasteiger partial charge in [-0.15, -0.1) is 0 Å². The molecular formula is C24H21NO5. The van der Waals surface area contributed by atoms with Gasteiger partial charge >= 0.3 is 0 Å². The average Bonchev–Trinajstić information content (AvgIpc) is 3.15. The monoisotopic (exact) mass is 403 g/mol. The molecule has 0 unspecified atom stereocenters. The lowest BCUT2D eigenvalue weighted by molar-refractivity contribution is 0.351. The first-order chi connectivity index (χ1) is 14.6. The van der Waals surface area contributed by atoms with Gasteiger partial charge < -0.3 is 29.0 Å². The lowest BCUT2D eigenvalue weighted by atomic mass is 9.94. The molecule has 0 aliphatic rings. The third-order valence-electron chi connectivity index (χ3n) is 5.68. The summed E-state index contributed by atoms with van der Waals surface area (Å²) in [5.41, 5.74) is 0.731. The molecule has 0 saturated heterocycles. The fourth-order valence-corrected chi connectivity index (χ4v) is 4.47. The highest BCUT2D eigenvalue weighted by Crippen LogP contribution is 2.50. The van der Waals surface area contributed by atoms with Crippen molar-refractivity contribution in [3.8, 4) is 28.9 Å². The van der Waals surface area contributed by atoms with Crippen molar-refractivity contribution in [2.75, 3.05) is 28.4 Å². The average molecular weight is 403 g/mol. The van der Waals surface area contributed by atoms with E-state index in [9.17, 15) is 5.11 Å². The third-order valence-corrected chi connectivity index (χ3v) is 5.68. The summed E-state index contributed by atoms with van der Waals surface area (Å²) in [6.45, 7) is 0. The van der Waals surface area contributed by atoms with E-state index >= 15 is 0 Å². The quantitative estimate of drug-likeness (QED) is 0.395. The number of aromatic hydroxyl groups is 1. The SMILES string of the molecule is COc1[nH]c2c(ccc3c4c(OC)c(OC)c5ccccc5c4cc(O)c32)c1OC. The van der Waals surface area contributed by atoms with Crippen LogP contribution in [0.2, 0.25) is 0 Å². The Bertz CT molecular complexity index is 1450. The van der Waals surface area contributed by atoms with Crippen molar-refractivity contribution in [2.45, 2.75) is 0 Å². The minimum Gasteiger partial charge on any atom is -0.507 e. The van der Waals surface area contributed by atoms with Crippen LogP contribution in [0.25, 0.3) is 43.2 Å². The first-order valence-corrected chi connectivity index (χ1v) is 9.49. The fourth-order valence-electron chi connectivity index (χ4n) is 4.47. The van der Waals surface area contributed by atoms with Crippen LogP contribution < -0.4 is 18.9 Å². The molecule has 6 nitrogen and oxygen atoms in total. The maximum Gasteiger partial charge on any atom is 0.235 e. The first-order valence-electron chi connectivity index (χ1n) is 9.49. The second kappa shape index (κ2) is 6.62. The number of fused-ring (bicyclic) bond motifs is 7. The lowest BCUT2D eigenvalue weighted by Crippen LogP contribution is -1.95. The maximum absolute atomic E-state index is 11.1. The molecule has 2 N–H and O–H groups in total. The van der Waals surface area contributed by atoms with Gasteiger partial charge in [-0.1, -0.05) is 30.3 Å². The van der Waals surface area contributed by atoms with Gasteiger partial charge in [0.15, 0.2) is 17.2 Å². The molecule has 0 bridgehead atoms. The third kappa shape index (κ3) is 2.24. The minimum atomic E-state index is 0.159. The van der Waals surface area contributed by atoms with Gasteiger partial charge in [0.05, 0.1) is 34.0 Å². The number of hydrogen-bond acceptors (Lipinski definition) is 5. The molecule has 152 valence electrons. The Labute approximate surface area is 172 Å². The van der Waals surface area contributed by atoms with E-state index in [1.54, 1.807) is 34.5 Å². The summed E-state index contributed by atoms with van der Waals surface area (Å²) in [6, 6.07) is 13.6. The lowest BCUT2D eigenvalue weighted by Gasteiger charge is -2.17. The number of methoxy groups -OCH3 is 4. The van der Waals surface area contributed by atoms with E-state index in [1.165, 1.54) is 0 Å². The maximum atomic E-state index is 11.1. The second-order valence-corrected chi connectivity index (χ2v) is 7.03. The molecule has 0 saturated carbocycles. The largest absolute Gasteiger partial charge is 0.507 e. The summed E-state index contributed by atoms with van der Waals surface area (Å²) >= 11 is 0. The van der Waals surface area contributed by atoms with Crippen molar-refractivity contribution >= 4 is 43.2 Å². The van der Waals surface area contributed by atoms with Crippen molar-refractivity contribution in [1.29, 1.82) is 0 Å². The minimum absolute atomic E-state index is 0.159. The summed E-state index contributed by atoms with van der Waals surface area (Å²) in [6.07, 6.45) is 0. The van der Waals surface area contributed by atoms with Gasteiger partial charge in [0.2, 0.25) is 5.88 Å². The van der Waals surface area contributed by atoms with E-state index in [-0.39, 0.29) is 5.75 Å². The summed E-state index contributed by atoms with van der Waals surface area (Å²) in [5, 5.41) is 17.1. The summed E-state index contributed by atoms with van der Waals surface area (Å²) in [7, 11) is 6.43. The first kappa shape index (κ1) is 18.2. The molecule has 1 aromatic heterocycles. The molecule has 0 aliphatic carbocycles. The predicted octanol–water partition coefficient (Wildman–Crippen LogP) is 5.37. The number of phenols is 1. The number of nitrogens with one attached hydrogen (secondary N) is 1. The van der Waals surface area contributed by atoms with Crippen molar-refractivity contribution in [3.05, 3.63) is 42.5 Å². The van der Waals surface area contributed by atoms with Crippen LogP contribution in [0.3, 0.4) is 0 Å². The van der Waals surface area contributed by atoms with Gasteiger partial charge in [-0.05, 0) is 28.3 Å².